The van der Waals surface area contributed by atoms with E-state index in [9.17, 15) is 4.79 Å². The quantitative estimate of drug-likeness (QED) is 0.625. The van der Waals surface area contributed by atoms with E-state index >= 15 is 0 Å². The maximum atomic E-state index is 11.0. The fourth-order valence-corrected chi connectivity index (χ4v) is 2.49. The van der Waals surface area contributed by atoms with E-state index in [1.807, 2.05) is 38.1 Å². The number of nitrogens with zero attached hydrogens (tertiary/aromatic N) is 2. The Morgan fingerprint density at radius 2 is 2.16 bits per heavy atom. The van der Waals surface area contributed by atoms with E-state index < -0.39 is 5.41 Å². The number of aldehydes is 1. The van der Waals surface area contributed by atoms with Gasteiger partial charge in [0.1, 0.15) is 12.1 Å². The molecule has 7 heteroatoms. The second kappa shape index (κ2) is 6.35. The summed E-state index contributed by atoms with van der Waals surface area (Å²) in [5, 5.41) is 18.3. The number of H-pyrrole nitrogens is 1. The van der Waals surface area contributed by atoms with Gasteiger partial charge in [0.2, 0.25) is 0 Å². The van der Waals surface area contributed by atoms with E-state index in [0.717, 1.165) is 17.5 Å². The summed E-state index contributed by atoms with van der Waals surface area (Å²) >= 11 is 0. The summed E-state index contributed by atoms with van der Waals surface area (Å²) in [5.74, 6) is 0.274. The Hall–Kier alpha value is -3.22. The molecule has 0 spiro atoms. The summed E-state index contributed by atoms with van der Waals surface area (Å²) < 4.78 is 0. The molecule has 0 bridgehead atoms. The number of nitrogens with one attached hydrogen (secondary N) is 3. The van der Waals surface area contributed by atoms with Gasteiger partial charge in [-0.1, -0.05) is 19.9 Å². The van der Waals surface area contributed by atoms with Crippen LogP contribution >= 0.6 is 0 Å². The van der Waals surface area contributed by atoms with Crippen LogP contribution in [0.2, 0.25) is 0 Å². The molecule has 5 N–H and O–H groups in total. The highest BCUT2D eigenvalue weighted by atomic mass is 16.1. The Kier molecular flexibility index (Phi) is 4.22. The molecule has 0 aliphatic carbocycles. The second-order valence-electron chi connectivity index (χ2n) is 6.62. The predicted octanol–water partition coefficient (Wildman–Crippen LogP) is 2.15. The van der Waals surface area contributed by atoms with E-state index in [1.165, 1.54) is 0 Å². The SMILES string of the molecule is CC(C)(C=O)CN/C=C1\C(=N)c2ccc(-c3ccn[nH]3)cc2N=C1N. The standard InChI is InChI=1S/C18H20N6O/c1-18(2,10-25)9-21-8-13-16(19)12-4-3-11(14-5-6-22-24-14)7-15(12)23-17(13)20/h3-8,10,19,21H,9H2,1-2H3,(H2,20,23)(H,22,24)/b13-8+,19-16?. The summed E-state index contributed by atoms with van der Waals surface area (Å²) in [6.45, 7) is 4.12. The summed E-state index contributed by atoms with van der Waals surface area (Å²) in [4.78, 5) is 15.4. The number of fused-ring (bicyclic) bond motifs is 1. The zero-order valence-corrected chi connectivity index (χ0v) is 14.1. The second-order valence-corrected chi connectivity index (χ2v) is 6.62. The Labute approximate surface area is 145 Å². The van der Waals surface area contributed by atoms with Gasteiger partial charge in [-0.25, -0.2) is 4.99 Å². The molecule has 1 aliphatic rings. The number of benzene rings is 1. The van der Waals surface area contributed by atoms with Crippen LogP contribution in [0.25, 0.3) is 11.3 Å². The van der Waals surface area contributed by atoms with E-state index in [-0.39, 0.29) is 5.84 Å². The van der Waals surface area contributed by atoms with E-state index in [2.05, 4.69) is 20.5 Å². The highest BCUT2D eigenvalue weighted by molar-refractivity contribution is 6.32. The number of aromatic nitrogens is 2. The highest BCUT2D eigenvalue weighted by Gasteiger charge is 2.22. The number of hydrogen-bond acceptors (Lipinski definition) is 6. The van der Waals surface area contributed by atoms with Gasteiger partial charge in [-0.2, -0.15) is 5.10 Å². The van der Waals surface area contributed by atoms with Gasteiger partial charge in [0, 0.05) is 35.5 Å². The average Bonchev–Trinajstić information content (AvgIpc) is 3.12. The molecular weight excluding hydrogens is 316 g/mol. The van der Waals surface area contributed by atoms with Crippen molar-refractivity contribution in [3.8, 4) is 11.3 Å². The van der Waals surface area contributed by atoms with Gasteiger partial charge >= 0.3 is 0 Å². The maximum absolute atomic E-state index is 11.0. The van der Waals surface area contributed by atoms with Crippen LogP contribution in [0, 0.1) is 10.8 Å². The van der Waals surface area contributed by atoms with Gasteiger partial charge in [-0.05, 0) is 18.2 Å². The van der Waals surface area contributed by atoms with Gasteiger partial charge in [0.05, 0.1) is 22.7 Å². The molecule has 0 unspecified atom stereocenters. The van der Waals surface area contributed by atoms with Crippen molar-refractivity contribution < 1.29 is 4.79 Å². The molecule has 7 nitrogen and oxygen atoms in total. The van der Waals surface area contributed by atoms with Gasteiger partial charge in [-0.15, -0.1) is 0 Å². The maximum Gasteiger partial charge on any atom is 0.135 e. The molecule has 0 fully saturated rings. The van der Waals surface area contributed by atoms with Gasteiger partial charge in [0.15, 0.2) is 0 Å². The van der Waals surface area contributed by atoms with E-state index in [0.29, 0.717) is 29.1 Å². The van der Waals surface area contributed by atoms with Crippen LogP contribution in [-0.2, 0) is 4.79 Å². The van der Waals surface area contributed by atoms with Crippen LogP contribution in [0.1, 0.15) is 19.4 Å². The lowest BCUT2D eigenvalue weighted by atomic mass is 9.94. The molecule has 25 heavy (non-hydrogen) atoms. The largest absolute Gasteiger partial charge is 0.389 e. The summed E-state index contributed by atoms with van der Waals surface area (Å²) in [7, 11) is 0. The van der Waals surface area contributed by atoms with Crippen LogP contribution in [0.3, 0.4) is 0 Å². The Balaban J connectivity index is 1.88. The van der Waals surface area contributed by atoms with Crippen molar-refractivity contribution >= 4 is 23.5 Å². The van der Waals surface area contributed by atoms with Crippen LogP contribution in [0.15, 0.2) is 47.2 Å². The molecule has 128 valence electrons. The third-order valence-corrected chi connectivity index (χ3v) is 3.99. The smallest absolute Gasteiger partial charge is 0.135 e. The van der Waals surface area contributed by atoms with Crippen LogP contribution < -0.4 is 11.1 Å². The summed E-state index contributed by atoms with van der Waals surface area (Å²) in [6.07, 6.45) is 4.23. The lowest BCUT2D eigenvalue weighted by Gasteiger charge is -2.20. The van der Waals surface area contributed by atoms with Crippen LogP contribution in [-0.4, -0.2) is 34.6 Å². The molecule has 1 aromatic carbocycles. The number of aromatic amines is 1. The molecule has 0 radical (unpaired) electrons. The minimum Gasteiger partial charge on any atom is -0.389 e. The van der Waals surface area contributed by atoms with Crippen LogP contribution in [0.5, 0.6) is 0 Å². The fraction of sp³-hybridized carbons (Fsp3) is 0.222. The van der Waals surface area contributed by atoms with E-state index in [1.54, 1.807) is 12.4 Å². The van der Waals surface area contributed by atoms with Crippen molar-refractivity contribution in [2.45, 2.75) is 13.8 Å². The third-order valence-electron chi connectivity index (χ3n) is 3.99. The zero-order valence-electron chi connectivity index (χ0n) is 14.1. The van der Waals surface area contributed by atoms with Crippen molar-refractivity contribution in [2.24, 2.45) is 16.1 Å². The van der Waals surface area contributed by atoms with Crippen LogP contribution in [0.4, 0.5) is 5.69 Å². The third kappa shape index (κ3) is 3.35. The average molecular weight is 336 g/mol. The van der Waals surface area contributed by atoms with Gasteiger partial charge in [0.25, 0.3) is 0 Å². The number of rotatable bonds is 5. The fourth-order valence-electron chi connectivity index (χ4n) is 2.49. The number of carbonyl (C=O) groups is 1. The first-order valence-corrected chi connectivity index (χ1v) is 7.89. The molecule has 0 atom stereocenters. The topological polar surface area (TPSA) is 120 Å². The van der Waals surface area contributed by atoms with Crippen molar-refractivity contribution in [3.05, 3.63) is 47.8 Å². The molecule has 0 saturated carbocycles. The minimum atomic E-state index is -0.489. The highest BCUT2D eigenvalue weighted by Crippen LogP contribution is 2.31. The Morgan fingerprint density at radius 3 is 2.84 bits per heavy atom. The molecule has 0 amide bonds. The van der Waals surface area contributed by atoms with Crippen molar-refractivity contribution in [3.63, 3.8) is 0 Å². The predicted molar refractivity (Wildman–Crippen MR) is 98.1 cm³/mol. The molecule has 0 saturated heterocycles. The molecule has 2 heterocycles. The Morgan fingerprint density at radius 1 is 1.36 bits per heavy atom. The van der Waals surface area contributed by atoms with Crippen molar-refractivity contribution in [2.75, 3.05) is 6.54 Å². The normalized spacial score (nSPS) is 15.7. The number of carbonyl (C=O) groups excluding carboxylic acids is 1. The van der Waals surface area contributed by atoms with E-state index in [4.69, 9.17) is 11.1 Å². The van der Waals surface area contributed by atoms with Gasteiger partial charge < -0.3 is 15.8 Å². The Bertz CT molecular complexity index is 877. The molecule has 1 aromatic heterocycles. The van der Waals surface area contributed by atoms with Gasteiger partial charge in [-0.3, -0.25) is 10.5 Å². The summed E-state index contributed by atoms with van der Waals surface area (Å²) in [6, 6.07) is 7.52. The minimum absolute atomic E-state index is 0.274. The molecule has 1 aliphatic heterocycles. The molecular formula is C18H20N6O. The number of nitrogens with two attached hydrogens (primary N) is 1. The first-order valence-electron chi connectivity index (χ1n) is 7.89. The first kappa shape index (κ1) is 16.6. The van der Waals surface area contributed by atoms with Crippen molar-refractivity contribution in [1.29, 1.82) is 5.41 Å². The molecule has 3 rings (SSSR count). The zero-order chi connectivity index (χ0) is 18.0. The monoisotopic (exact) mass is 336 g/mol. The number of amidine groups is 1. The van der Waals surface area contributed by atoms with Crippen molar-refractivity contribution in [1.82, 2.24) is 15.5 Å². The summed E-state index contributed by atoms with van der Waals surface area (Å²) in [5.41, 5.74) is 9.54. The number of hydrogen-bond donors (Lipinski definition) is 4. The lowest BCUT2D eigenvalue weighted by Crippen LogP contribution is -2.31. The number of aliphatic imine (C=N–C) groups is 1. The first-order chi connectivity index (χ1) is 11.9. The molecule has 2 aromatic rings. The lowest BCUT2D eigenvalue weighted by molar-refractivity contribution is -0.114.